The Hall–Kier alpha value is -1.26. The second-order valence-corrected chi connectivity index (χ2v) is 3.85. The quantitative estimate of drug-likeness (QED) is 0.634. The zero-order valence-corrected chi connectivity index (χ0v) is 7.66. The number of esters is 1. The van der Waals surface area contributed by atoms with Crippen LogP contribution in [0.5, 0.6) is 0 Å². The molecule has 5 heteroatoms. The number of nitrogens with one attached hydrogen (secondary N) is 1. The average Bonchev–Trinajstić information content (AvgIpc) is 1.95. The van der Waals surface area contributed by atoms with Crippen molar-refractivity contribution in [3.63, 3.8) is 0 Å². The fourth-order valence-corrected chi connectivity index (χ4v) is 1.37. The second kappa shape index (κ2) is 3.24. The third-order valence-electron chi connectivity index (χ3n) is 1.96. The molecule has 1 heterocycles. The van der Waals surface area contributed by atoms with Gasteiger partial charge in [-0.3, -0.25) is 4.79 Å². The van der Waals surface area contributed by atoms with Crippen LogP contribution in [-0.2, 0) is 9.53 Å². The van der Waals surface area contributed by atoms with E-state index in [1.165, 1.54) is 0 Å². The largest absolute Gasteiger partial charge is 0.465 e. The molecule has 0 unspecified atom stereocenters. The van der Waals surface area contributed by atoms with Crippen LogP contribution in [-0.4, -0.2) is 29.3 Å². The Bertz CT molecular complexity index is 236. The van der Waals surface area contributed by atoms with Crippen LogP contribution in [0.2, 0.25) is 0 Å². The lowest BCUT2D eigenvalue weighted by atomic mass is 9.89. The van der Waals surface area contributed by atoms with Crippen LogP contribution in [0.3, 0.4) is 0 Å². The zero-order valence-electron chi connectivity index (χ0n) is 7.66. The van der Waals surface area contributed by atoms with E-state index in [0.717, 1.165) is 0 Å². The van der Waals surface area contributed by atoms with Crippen LogP contribution in [0.25, 0.3) is 0 Å². The number of carbonyl (C=O) groups is 2. The topological polar surface area (TPSA) is 75.6 Å². The van der Waals surface area contributed by atoms with Crippen molar-refractivity contribution in [2.75, 3.05) is 6.61 Å². The van der Waals surface area contributed by atoms with Crippen molar-refractivity contribution in [1.29, 1.82) is 0 Å². The fraction of sp³-hybridized carbons (Fsp3) is 0.750. The Morgan fingerprint density at radius 1 is 1.77 bits per heavy atom. The third kappa shape index (κ3) is 2.61. The van der Waals surface area contributed by atoms with Crippen molar-refractivity contribution < 1.29 is 19.4 Å². The van der Waals surface area contributed by atoms with Crippen molar-refractivity contribution in [2.24, 2.45) is 5.92 Å². The monoisotopic (exact) mass is 187 g/mol. The van der Waals surface area contributed by atoms with Gasteiger partial charge in [-0.1, -0.05) is 0 Å². The highest BCUT2D eigenvalue weighted by Crippen LogP contribution is 2.23. The number of carboxylic acid groups (broad SMARTS) is 1. The molecule has 1 saturated heterocycles. The third-order valence-corrected chi connectivity index (χ3v) is 1.96. The maximum Gasteiger partial charge on any atom is 0.405 e. The second-order valence-electron chi connectivity index (χ2n) is 3.85. The van der Waals surface area contributed by atoms with Crippen molar-refractivity contribution in [3.8, 4) is 0 Å². The molecule has 0 radical (unpaired) electrons. The van der Waals surface area contributed by atoms with Crippen LogP contribution in [0.1, 0.15) is 20.3 Å². The van der Waals surface area contributed by atoms with Gasteiger partial charge in [0.25, 0.3) is 0 Å². The molecule has 1 aliphatic heterocycles. The van der Waals surface area contributed by atoms with Crippen LogP contribution >= 0.6 is 0 Å². The van der Waals surface area contributed by atoms with Crippen LogP contribution in [0.4, 0.5) is 4.79 Å². The molecule has 5 nitrogen and oxygen atoms in total. The van der Waals surface area contributed by atoms with Crippen molar-refractivity contribution in [2.45, 2.75) is 25.8 Å². The lowest BCUT2D eigenvalue weighted by molar-refractivity contribution is -0.170. The summed E-state index contributed by atoms with van der Waals surface area (Å²) in [6.45, 7) is 3.89. The van der Waals surface area contributed by atoms with Crippen LogP contribution < -0.4 is 5.32 Å². The normalized spacial score (nSPS) is 21.7. The maximum atomic E-state index is 10.8. The summed E-state index contributed by atoms with van der Waals surface area (Å²) in [7, 11) is 0. The van der Waals surface area contributed by atoms with E-state index < -0.39 is 11.6 Å². The Morgan fingerprint density at radius 2 is 2.38 bits per heavy atom. The van der Waals surface area contributed by atoms with Gasteiger partial charge in [-0.25, -0.2) is 4.79 Å². The summed E-state index contributed by atoms with van der Waals surface area (Å²) in [5, 5.41) is 10.8. The van der Waals surface area contributed by atoms with E-state index >= 15 is 0 Å². The van der Waals surface area contributed by atoms with Gasteiger partial charge < -0.3 is 15.2 Å². The molecular formula is C8H13NO4. The van der Waals surface area contributed by atoms with E-state index in [-0.39, 0.29) is 11.9 Å². The molecule has 1 fully saturated rings. The first-order valence-corrected chi connectivity index (χ1v) is 4.08. The molecule has 1 amide bonds. The first-order chi connectivity index (χ1) is 5.91. The summed E-state index contributed by atoms with van der Waals surface area (Å²) in [4.78, 5) is 21.2. The molecule has 0 aliphatic carbocycles. The highest BCUT2D eigenvalue weighted by Gasteiger charge is 2.36. The summed E-state index contributed by atoms with van der Waals surface area (Å²) in [6.07, 6.45) is -0.587. The summed E-state index contributed by atoms with van der Waals surface area (Å²) >= 11 is 0. The van der Waals surface area contributed by atoms with Gasteiger partial charge >= 0.3 is 12.1 Å². The van der Waals surface area contributed by atoms with E-state index in [1.807, 2.05) is 0 Å². The molecule has 0 aromatic rings. The number of cyclic esters (lactones) is 1. The minimum atomic E-state index is -1.07. The summed E-state index contributed by atoms with van der Waals surface area (Å²) in [6, 6.07) is 0. The number of rotatable bonds is 3. The Morgan fingerprint density at radius 3 is 2.69 bits per heavy atom. The Kier molecular flexibility index (Phi) is 2.45. The predicted octanol–water partition coefficient (Wildman–Crippen LogP) is 0.596. The summed E-state index contributed by atoms with van der Waals surface area (Å²) in [5.41, 5.74) is -0.573. The van der Waals surface area contributed by atoms with Gasteiger partial charge in [0.15, 0.2) is 0 Å². The van der Waals surface area contributed by atoms with Gasteiger partial charge in [-0.05, 0) is 20.3 Å². The highest BCUT2D eigenvalue weighted by molar-refractivity contribution is 5.77. The zero-order chi connectivity index (χ0) is 10.1. The molecule has 2 N–H and O–H groups in total. The smallest absolute Gasteiger partial charge is 0.405 e. The van der Waals surface area contributed by atoms with Gasteiger partial charge in [-0.2, -0.15) is 0 Å². The van der Waals surface area contributed by atoms with Gasteiger partial charge in [0, 0.05) is 5.54 Å². The van der Waals surface area contributed by atoms with Gasteiger partial charge in [0.1, 0.15) is 6.61 Å². The predicted molar refractivity (Wildman–Crippen MR) is 44.3 cm³/mol. The summed E-state index contributed by atoms with van der Waals surface area (Å²) < 4.78 is 4.58. The molecule has 0 bridgehead atoms. The Balaban J connectivity index is 2.41. The number of amides is 1. The van der Waals surface area contributed by atoms with Crippen molar-refractivity contribution in [3.05, 3.63) is 0 Å². The first-order valence-electron chi connectivity index (χ1n) is 4.08. The Labute approximate surface area is 76.1 Å². The molecule has 13 heavy (non-hydrogen) atoms. The molecule has 1 rings (SSSR count). The van der Waals surface area contributed by atoms with E-state index in [1.54, 1.807) is 13.8 Å². The van der Waals surface area contributed by atoms with Gasteiger partial charge in [-0.15, -0.1) is 0 Å². The minimum Gasteiger partial charge on any atom is -0.465 e. The minimum absolute atomic E-state index is 0.151. The first kappa shape index (κ1) is 9.83. The van der Waals surface area contributed by atoms with Gasteiger partial charge in [0.2, 0.25) is 0 Å². The number of ether oxygens (including phenoxy) is 1. The lowest BCUT2D eigenvalue weighted by Crippen LogP contribution is -2.48. The molecule has 74 valence electrons. The standard InChI is InChI=1S/C8H13NO4/c1-8(2,9-7(11)12)3-5-4-13-6(5)10/h5,9H,3-4H2,1-2H3,(H,11,12)/t5-/m0/s1. The van der Waals surface area contributed by atoms with Crippen molar-refractivity contribution >= 4 is 12.1 Å². The van der Waals surface area contributed by atoms with Crippen LogP contribution in [0.15, 0.2) is 0 Å². The molecule has 0 aromatic heterocycles. The molecule has 0 aromatic carbocycles. The average molecular weight is 187 g/mol. The molecule has 0 saturated carbocycles. The SMILES string of the molecule is CC(C)(C[C@H]1COC1=O)NC(=O)O. The van der Waals surface area contributed by atoms with Crippen LogP contribution in [0, 0.1) is 5.92 Å². The van der Waals surface area contributed by atoms with Crippen molar-refractivity contribution in [1.82, 2.24) is 5.32 Å². The van der Waals surface area contributed by atoms with E-state index in [2.05, 4.69) is 10.1 Å². The molecule has 1 aliphatic rings. The highest BCUT2D eigenvalue weighted by atomic mass is 16.6. The van der Waals surface area contributed by atoms with E-state index in [9.17, 15) is 9.59 Å². The lowest BCUT2D eigenvalue weighted by Gasteiger charge is -2.32. The molecule has 0 spiro atoms. The van der Waals surface area contributed by atoms with E-state index in [4.69, 9.17) is 5.11 Å². The fourth-order valence-electron chi connectivity index (χ4n) is 1.37. The van der Waals surface area contributed by atoms with Gasteiger partial charge in [0.05, 0.1) is 5.92 Å². The molecular weight excluding hydrogens is 174 g/mol. The number of hydrogen-bond acceptors (Lipinski definition) is 3. The number of carbonyl (C=O) groups excluding carboxylic acids is 1. The molecule has 1 atom stereocenters. The maximum absolute atomic E-state index is 10.8. The number of hydrogen-bond donors (Lipinski definition) is 2. The summed E-state index contributed by atoms with van der Waals surface area (Å²) in [5.74, 6) is -0.387. The van der Waals surface area contributed by atoms with E-state index in [0.29, 0.717) is 13.0 Å².